The highest BCUT2D eigenvalue weighted by Crippen LogP contribution is 2.20. The zero-order chi connectivity index (χ0) is 17.1. The summed E-state index contributed by atoms with van der Waals surface area (Å²) >= 11 is 0. The Balaban J connectivity index is 1.66. The van der Waals surface area contributed by atoms with Crippen LogP contribution in [0.15, 0.2) is 24.3 Å². The number of ether oxygens (including phenoxy) is 2. The summed E-state index contributed by atoms with van der Waals surface area (Å²) in [4.78, 5) is 5.06. The summed E-state index contributed by atoms with van der Waals surface area (Å²) in [6, 6.07) is 8.90. The molecule has 4 atom stereocenters. The van der Waals surface area contributed by atoms with Gasteiger partial charge < -0.3 is 9.47 Å². The molecule has 2 saturated heterocycles. The predicted octanol–water partition coefficient (Wildman–Crippen LogP) is 2.91. The average molecular weight is 332 g/mol. The molecule has 1 aromatic carbocycles. The Kier molecular flexibility index (Phi) is 5.93. The maximum Gasteiger partial charge on any atom is 0.0678 e. The highest BCUT2D eigenvalue weighted by Gasteiger charge is 2.25. The highest BCUT2D eigenvalue weighted by molar-refractivity contribution is 5.27. The molecule has 0 aromatic heterocycles. The van der Waals surface area contributed by atoms with Crippen LogP contribution in [0.4, 0.5) is 0 Å². The molecule has 0 unspecified atom stereocenters. The molecule has 4 nitrogen and oxygen atoms in total. The van der Waals surface area contributed by atoms with Crippen molar-refractivity contribution in [3.05, 3.63) is 35.4 Å². The second kappa shape index (κ2) is 7.96. The molecule has 2 heterocycles. The van der Waals surface area contributed by atoms with Crippen LogP contribution in [0.3, 0.4) is 0 Å². The van der Waals surface area contributed by atoms with Gasteiger partial charge >= 0.3 is 0 Å². The molecule has 1 aromatic rings. The fourth-order valence-corrected chi connectivity index (χ4v) is 4.17. The van der Waals surface area contributed by atoms with Gasteiger partial charge in [0, 0.05) is 39.3 Å². The Hall–Kier alpha value is -0.940. The van der Waals surface area contributed by atoms with Gasteiger partial charge in [-0.3, -0.25) is 9.80 Å². The summed E-state index contributed by atoms with van der Waals surface area (Å²) in [5, 5.41) is 0. The minimum absolute atomic E-state index is 0.321. The summed E-state index contributed by atoms with van der Waals surface area (Å²) in [6.45, 7) is 14.8. The number of morpholine rings is 2. The van der Waals surface area contributed by atoms with E-state index in [-0.39, 0.29) is 0 Å². The first-order valence-corrected chi connectivity index (χ1v) is 9.32. The first kappa shape index (κ1) is 17.9. The minimum atomic E-state index is 0.321. The van der Waals surface area contributed by atoms with Crippen molar-refractivity contribution in [1.82, 2.24) is 9.80 Å². The fraction of sp³-hybridized carbons (Fsp3) is 0.700. The number of benzene rings is 1. The number of hydrogen-bond acceptors (Lipinski definition) is 4. The Labute approximate surface area is 146 Å². The van der Waals surface area contributed by atoms with E-state index in [0.29, 0.717) is 24.4 Å². The summed E-state index contributed by atoms with van der Waals surface area (Å²) in [7, 11) is 0. The molecule has 0 radical (unpaired) electrons. The molecule has 134 valence electrons. The normalized spacial score (nSPS) is 32.8. The molecule has 2 fully saturated rings. The predicted molar refractivity (Wildman–Crippen MR) is 97.0 cm³/mol. The number of hydrogen-bond donors (Lipinski definition) is 0. The molecule has 0 amide bonds. The van der Waals surface area contributed by atoms with Gasteiger partial charge in [-0.05, 0) is 38.8 Å². The molecule has 0 aliphatic carbocycles. The molecule has 24 heavy (non-hydrogen) atoms. The Morgan fingerprint density at radius 1 is 0.708 bits per heavy atom. The van der Waals surface area contributed by atoms with Crippen LogP contribution in [-0.4, -0.2) is 60.4 Å². The number of nitrogens with zero attached hydrogens (tertiary/aromatic N) is 2. The van der Waals surface area contributed by atoms with E-state index >= 15 is 0 Å². The summed E-state index contributed by atoms with van der Waals surface area (Å²) < 4.78 is 11.7. The van der Waals surface area contributed by atoms with E-state index in [9.17, 15) is 0 Å². The first-order valence-electron chi connectivity index (χ1n) is 9.32. The molecule has 0 N–H and O–H groups in total. The zero-order valence-electron chi connectivity index (χ0n) is 15.6. The highest BCUT2D eigenvalue weighted by atomic mass is 16.5. The van der Waals surface area contributed by atoms with Crippen LogP contribution in [-0.2, 0) is 22.6 Å². The van der Waals surface area contributed by atoms with Gasteiger partial charge in [0.2, 0.25) is 0 Å². The lowest BCUT2D eigenvalue weighted by Gasteiger charge is -2.37. The monoisotopic (exact) mass is 332 g/mol. The van der Waals surface area contributed by atoms with E-state index in [1.165, 1.54) is 11.1 Å². The summed E-state index contributed by atoms with van der Waals surface area (Å²) in [6.07, 6.45) is 1.28. The molecular weight excluding hydrogens is 300 g/mol. The number of rotatable bonds is 4. The molecule has 4 heteroatoms. The smallest absolute Gasteiger partial charge is 0.0678 e. The van der Waals surface area contributed by atoms with Crippen molar-refractivity contribution < 1.29 is 9.47 Å². The van der Waals surface area contributed by atoms with Gasteiger partial charge in [-0.2, -0.15) is 0 Å². The quantitative estimate of drug-likeness (QED) is 0.846. The lowest BCUT2D eigenvalue weighted by Crippen LogP contribution is -2.46. The van der Waals surface area contributed by atoms with Gasteiger partial charge in [-0.15, -0.1) is 0 Å². The van der Waals surface area contributed by atoms with E-state index < -0.39 is 0 Å². The van der Waals surface area contributed by atoms with Crippen molar-refractivity contribution in [3.63, 3.8) is 0 Å². The van der Waals surface area contributed by atoms with Crippen LogP contribution < -0.4 is 0 Å². The fourth-order valence-electron chi connectivity index (χ4n) is 4.17. The SMILES string of the molecule is C[C@@H]1CN(Cc2ccccc2CN2C[C@H](C)O[C@@H](C)C2)C[C@H](C)O1. The van der Waals surface area contributed by atoms with Crippen LogP contribution in [0.2, 0.25) is 0 Å². The maximum atomic E-state index is 5.87. The molecule has 2 aliphatic rings. The largest absolute Gasteiger partial charge is 0.373 e. The summed E-state index contributed by atoms with van der Waals surface area (Å²) in [5.41, 5.74) is 2.90. The van der Waals surface area contributed by atoms with Crippen molar-refractivity contribution in [1.29, 1.82) is 0 Å². The molecule has 3 rings (SSSR count). The molecular formula is C20H32N2O2. The topological polar surface area (TPSA) is 24.9 Å². The van der Waals surface area contributed by atoms with Gasteiger partial charge in [-0.25, -0.2) is 0 Å². The zero-order valence-corrected chi connectivity index (χ0v) is 15.6. The molecule has 0 spiro atoms. The van der Waals surface area contributed by atoms with Crippen LogP contribution >= 0.6 is 0 Å². The van der Waals surface area contributed by atoms with E-state index in [1.807, 2.05) is 0 Å². The molecule has 0 bridgehead atoms. The minimum Gasteiger partial charge on any atom is -0.373 e. The Bertz CT molecular complexity index is 469. The lowest BCUT2D eigenvalue weighted by molar-refractivity contribution is -0.0725. The average Bonchev–Trinajstić information content (AvgIpc) is 2.47. The second-order valence-corrected chi connectivity index (χ2v) is 7.67. The van der Waals surface area contributed by atoms with Crippen molar-refractivity contribution in [3.8, 4) is 0 Å². The van der Waals surface area contributed by atoms with E-state index in [2.05, 4.69) is 61.8 Å². The van der Waals surface area contributed by atoms with E-state index in [1.54, 1.807) is 0 Å². The van der Waals surface area contributed by atoms with Crippen LogP contribution in [0, 0.1) is 0 Å². The second-order valence-electron chi connectivity index (χ2n) is 7.67. The third kappa shape index (κ3) is 4.79. The lowest BCUT2D eigenvalue weighted by atomic mass is 10.0. The first-order chi connectivity index (χ1) is 11.5. The molecule has 2 aliphatic heterocycles. The van der Waals surface area contributed by atoms with Crippen LogP contribution in [0.5, 0.6) is 0 Å². The van der Waals surface area contributed by atoms with E-state index in [4.69, 9.17) is 9.47 Å². The maximum absolute atomic E-state index is 5.87. The Morgan fingerprint density at radius 2 is 1.04 bits per heavy atom. The third-order valence-corrected chi connectivity index (χ3v) is 4.90. The van der Waals surface area contributed by atoms with Gasteiger partial charge in [0.1, 0.15) is 0 Å². The standard InChI is InChI=1S/C20H32N2O2/c1-15-9-21(10-16(2)23-15)13-19-7-5-6-8-20(19)14-22-11-17(3)24-18(4)12-22/h5-8,15-18H,9-14H2,1-4H3/t15-,16-,17-,18+/m0/s1. The van der Waals surface area contributed by atoms with Gasteiger partial charge in [0.25, 0.3) is 0 Å². The van der Waals surface area contributed by atoms with Crippen molar-refractivity contribution in [2.24, 2.45) is 0 Å². The van der Waals surface area contributed by atoms with Crippen molar-refractivity contribution >= 4 is 0 Å². The van der Waals surface area contributed by atoms with Crippen LogP contribution in [0.1, 0.15) is 38.8 Å². The van der Waals surface area contributed by atoms with Crippen molar-refractivity contribution in [2.75, 3.05) is 26.2 Å². The van der Waals surface area contributed by atoms with Crippen LogP contribution in [0.25, 0.3) is 0 Å². The van der Waals surface area contributed by atoms with Gasteiger partial charge in [-0.1, -0.05) is 24.3 Å². The van der Waals surface area contributed by atoms with Gasteiger partial charge in [0.05, 0.1) is 24.4 Å². The molecule has 0 saturated carbocycles. The van der Waals surface area contributed by atoms with Gasteiger partial charge in [0.15, 0.2) is 0 Å². The van der Waals surface area contributed by atoms with Crippen molar-refractivity contribution in [2.45, 2.75) is 65.2 Å². The third-order valence-electron chi connectivity index (χ3n) is 4.90. The Morgan fingerprint density at radius 3 is 1.38 bits per heavy atom. The van der Waals surface area contributed by atoms with E-state index in [0.717, 1.165) is 39.3 Å². The summed E-state index contributed by atoms with van der Waals surface area (Å²) in [5.74, 6) is 0.